The molecule has 0 N–H and O–H groups in total. The molecule has 0 saturated carbocycles. The largest absolute Gasteiger partial charge is 0.497 e. The molecule has 1 atom stereocenters. The van der Waals surface area contributed by atoms with Crippen molar-refractivity contribution in [3.05, 3.63) is 59.2 Å². The van der Waals surface area contributed by atoms with Crippen LogP contribution in [0.25, 0.3) is 16.9 Å². The van der Waals surface area contributed by atoms with Gasteiger partial charge in [0, 0.05) is 15.8 Å². The molecule has 4 rings (SSSR count). The Hall–Kier alpha value is -1.72. The van der Waals surface area contributed by atoms with Crippen LogP contribution in [-0.4, -0.2) is 17.4 Å². The minimum atomic E-state index is 0.489. The summed E-state index contributed by atoms with van der Waals surface area (Å²) in [5.74, 6) is 1.99. The number of nitrogens with zero attached hydrogens (tertiary/aromatic N) is 2. The van der Waals surface area contributed by atoms with Gasteiger partial charge in [-0.25, -0.2) is 4.57 Å². The van der Waals surface area contributed by atoms with Crippen LogP contribution in [0, 0.1) is 0 Å². The van der Waals surface area contributed by atoms with Crippen molar-refractivity contribution in [2.24, 2.45) is 0 Å². The van der Waals surface area contributed by atoms with Gasteiger partial charge in [-0.3, -0.25) is 0 Å². The summed E-state index contributed by atoms with van der Waals surface area (Å²) in [6, 6.07) is 17.2. The molecule has 0 unspecified atom stereocenters. The summed E-state index contributed by atoms with van der Waals surface area (Å²) < 4.78 is 11.1. The van der Waals surface area contributed by atoms with Crippen molar-refractivity contribution in [3.8, 4) is 22.7 Å². The highest BCUT2D eigenvalue weighted by Gasteiger charge is 2.35. The Kier molecular flexibility index (Phi) is 4.14. The molecule has 0 aliphatic carbocycles. The van der Waals surface area contributed by atoms with Gasteiger partial charge < -0.3 is 4.74 Å². The van der Waals surface area contributed by atoms with E-state index in [4.69, 9.17) is 4.74 Å². The summed E-state index contributed by atoms with van der Waals surface area (Å²) in [6.07, 6.45) is 2.24. The van der Waals surface area contributed by atoms with Crippen molar-refractivity contribution >= 4 is 27.7 Å². The Labute approximate surface area is 154 Å². The van der Waals surface area contributed by atoms with E-state index in [1.54, 1.807) is 7.11 Å². The summed E-state index contributed by atoms with van der Waals surface area (Å²) in [4.78, 5) is 0. The van der Waals surface area contributed by atoms with Crippen LogP contribution in [0.1, 0.15) is 13.0 Å². The Bertz CT molecular complexity index is 872. The zero-order valence-electron chi connectivity index (χ0n) is 13.6. The predicted octanol–water partition coefficient (Wildman–Crippen LogP) is 4.87. The third-order valence-corrected chi connectivity index (χ3v) is 6.14. The van der Waals surface area contributed by atoms with Gasteiger partial charge in [-0.05, 0) is 67.2 Å². The van der Waals surface area contributed by atoms with E-state index in [-0.39, 0.29) is 0 Å². The number of ether oxygens (including phenoxy) is 1. The van der Waals surface area contributed by atoms with Gasteiger partial charge in [-0.2, -0.15) is 4.57 Å². The molecule has 0 bridgehead atoms. The predicted molar refractivity (Wildman–Crippen MR) is 101 cm³/mol. The molecular formula is C19H18BrN2OS+. The first-order valence-electron chi connectivity index (χ1n) is 7.87. The third-order valence-electron chi connectivity index (χ3n) is 4.31. The molecule has 0 spiro atoms. The van der Waals surface area contributed by atoms with Gasteiger partial charge in [0.1, 0.15) is 23.7 Å². The number of halogens is 1. The van der Waals surface area contributed by atoms with Gasteiger partial charge in [-0.1, -0.05) is 15.9 Å². The number of fused-ring (bicyclic) bond motifs is 1. The minimum Gasteiger partial charge on any atom is -0.497 e. The lowest BCUT2D eigenvalue weighted by Crippen LogP contribution is -2.37. The highest BCUT2D eigenvalue weighted by Crippen LogP contribution is 2.34. The molecule has 1 aliphatic heterocycles. The van der Waals surface area contributed by atoms with Gasteiger partial charge in [-0.15, -0.1) is 0 Å². The van der Waals surface area contributed by atoms with Crippen LogP contribution in [0.4, 0.5) is 0 Å². The summed E-state index contributed by atoms with van der Waals surface area (Å²) in [5, 5.41) is 1.28. The lowest BCUT2D eigenvalue weighted by atomic mass is 10.1. The maximum absolute atomic E-state index is 5.28. The molecule has 122 valence electrons. The van der Waals surface area contributed by atoms with Crippen molar-refractivity contribution in [1.29, 1.82) is 0 Å². The highest BCUT2D eigenvalue weighted by molar-refractivity contribution is 9.10. The molecule has 3 aromatic rings. The molecule has 2 aromatic carbocycles. The van der Waals surface area contributed by atoms with E-state index >= 15 is 0 Å². The lowest BCUT2D eigenvalue weighted by Gasteiger charge is -2.03. The zero-order chi connectivity index (χ0) is 16.7. The van der Waals surface area contributed by atoms with Gasteiger partial charge in [0.25, 0.3) is 0 Å². The van der Waals surface area contributed by atoms with Gasteiger partial charge in [0.05, 0.1) is 7.11 Å². The van der Waals surface area contributed by atoms with Crippen LogP contribution in [0.3, 0.4) is 0 Å². The van der Waals surface area contributed by atoms with Crippen molar-refractivity contribution in [2.45, 2.75) is 18.1 Å². The van der Waals surface area contributed by atoms with Crippen LogP contribution in [0.15, 0.2) is 64.4 Å². The Morgan fingerprint density at radius 2 is 1.83 bits per heavy atom. The van der Waals surface area contributed by atoms with E-state index in [1.165, 1.54) is 16.4 Å². The Morgan fingerprint density at radius 3 is 2.50 bits per heavy atom. The van der Waals surface area contributed by atoms with E-state index in [1.807, 2.05) is 23.9 Å². The molecule has 1 aliphatic rings. The summed E-state index contributed by atoms with van der Waals surface area (Å²) in [7, 11) is 1.70. The first-order chi connectivity index (χ1) is 11.7. The Morgan fingerprint density at radius 1 is 1.12 bits per heavy atom. The van der Waals surface area contributed by atoms with Gasteiger partial charge >= 0.3 is 5.16 Å². The molecule has 0 fully saturated rings. The number of hydrogen-bond donors (Lipinski definition) is 0. The Balaban J connectivity index is 1.85. The van der Waals surface area contributed by atoms with E-state index in [0.717, 1.165) is 21.7 Å². The normalized spacial score (nSPS) is 16.2. The summed E-state index contributed by atoms with van der Waals surface area (Å²) in [5.41, 5.74) is 3.65. The first-order valence-corrected chi connectivity index (χ1v) is 9.65. The molecule has 5 heteroatoms. The fourth-order valence-electron chi connectivity index (χ4n) is 3.06. The van der Waals surface area contributed by atoms with Crippen molar-refractivity contribution in [1.82, 2.24) is 4.57 Å². The van der Waals surface area contributed by atoms with Gasteiger partial charge in [0.15, 0.2) is 5.69 Å². The molecule has 1 aromatic heterocycles. The molecule has 0 radical (unpaired) electrons. The van der Waals surface area contributed by atoms with Crippen molar-refractivity contribution < 1.29 is 9.30 Å². The van der Waals surface area contributed by atoms with Crippen molar-refractivity contribution in [3.63, 3.8) is 0 Å². The van der Waals surface area contributed by atoms with E-state index in [9.17, 15) is 0 Å². The quantitative estimate of drug-likeness (QED) is 0.582. The third kappa shape index (κ3) is 2.66. The SMILES string of the molecule is COc1ccc(-n2cc(-c3ccc(Br)cc3)[n+]3c2SC[C@H]3C)cc1. The molecule has 0 saturated heterocycles. The first kappa shape index (κ1) is 15.8. The van der Waals surface area contributed by atoms with Crippen LogP contribution >= 0.6 is 27.7 Å². The standard InChI is InChI=1S/C19H18BrN2OS/c1-13-12-24-19-21(16-7-9-17(23-2)10-8-16)11-18(22(13)19)14-3-5-15(20)6-4-14/h3-11,13H,12H2,1-2H3/q+1/t13-/m1/s1. The number of imidazole rings is 1. The monoisotopic (exact) mass is 401 g/mol. The fraction of sp³-hybridized carbons (Fsp3) is 0.211. The number of aromatic nitrogens is 2. The number of methoxy groups -OCH3 is 1. The van der Waals surface area contributed by atoms with E-state index in [0.29, 0.717) is 6.04 Å². The minimum absolute atomic E-state index is 0.489. The average Bonchev–Trinajstić information content (AvgIpc) is 3.17. The van der Waals surface area contributed by atoms with Gasteiger partial charge in [0.2, 0.25) is 0 Å². The highest BCUT2D eigenvalue weighted by atomic mass is 79.9. The smallest absolute Gasteiger partial charge is 0.324 e. The van der Waals surface area contributed by atoms with Crippen LogP contribution < -0.4 is 9.30 Å². The number of benzene rings is 2. The molecular weight excluding hydrogens is 384 g/mol. The average molecular weight is 402 g/mol. The second-order valence-corrected chi connectivity index (χ2v) is 7.80. The maximum Gasteiger partial charge on any atom is 0.324 e. The second-order valence-electron chi connectivity index (χ2n) is 5.90. The topological polar surface area (TPSA) is 18.0 Å². The zero-order valence-corrected chi connectivity index (χ0v) is 16.0. The number of hydrogen-bond acceptors (Lipinski definition) is 2. The number of rotatable bonds is 3. The van der Waals surface area contributed by atoms with Crippen LogP contribution in [0.2, 0.25) is 0 Å². The number of thioether (sulfide) groups is 1. The van der Waals surface area contributed by atoms with Crippen molar-refractivity contribution in [2.75, 3.05) is 12.9 Å². The molecule has 2 heterocycles. The second kappa shape index (κ2) is 6.30. The maximum atomic E-state index is 5.28. The molecule has 24 heavy (non-hydrogen) atoms. The summed E-state index contributed by atoms with van der Waals surface area (Å²) in [6.45, 7) is 2.28. The van der Waals surface area contributed by atoms with E-state index < -0.39 is 0 Å². The lowest BCUT2D eigenvalue weighted by molar-refractivity contribution is -0.734. The van der Waals surface area contributed by atoms with E-state index in [2.05, 4.69) is 74.6 Å². The molecule has 3 nitrogen and oxygen atoms in total. The fourth-order valence-corrected chi connectivity index (χ4v) is 4.57. The molecule has 0 amide bonds. The van der Waals surface area contributed by atoms with Crippen LogP contribution in [0.5, 0.6) is 5.75 Å². The summed E-state index contributed by atoms with van der Waals surface area (Å²) >= 11 is 5.43. The van der Waals surface area contributed by atoms with Crippen LogP contribution in [-0.2, 0) is 0 Å².